The predicted molar refractivity (Wildman–Crippen MR) is 66.3 cm³/mol. The van der Waals surface area contributed by atoms with Crippen molar-refractivity contribution in [2.45, 2.75) is 32.4 Å². The van der Waals surface area contributed by atoms with E-state index in [4.69, 9.17) is 0 Å². The lowest BCUT2D eigenvalue weighted by Gasteiger charge is -2.36. The Balaban J connectivity index is 2.16. The van der Waals surface area contributed by atoms with E-state index < -0.39 is 0 Å². The molecular formula is C11H17NS2. The van der Waals surface area contributed by atoms with Crippen molar-refractivity contribution >= 4 is 23.1 Å². The van der Waals surface area contributed by atoms with Gasteiger partial charge in [-0.3, -0.25) is 0 Å². The monoisotopic (exact) mass is 227 g/mol. The van der Waals surface area contributed by atoms with Gasteiger partial charge >= 0.3 is 0 Å². The van der Waals surface area contributed by atoms with Gasteiger partial charge in [-0.2, -0.15) is 11.8 Å². The molecule has 1 atom stereocenters. The van der Waals surface area contributed by atoms with Crippen LogP contribution in [0.3, 0.4) is 0 Å². The van der Waals surface area contributed by atoms with Gasteiger partial charge in [0.05, 0.1) is 6.04 Å². The lowest BCUT2D eigenvalue weighted by molar-refractivity contribution is 0.378. The lowest BCUT2D eigenvalue weighted by Crippen LogP contribution is -2.48. The zero-order valence-corrected chi connectivity index (χ0v) is 10.6. The molecular weight excluding hydrogens is 210 g/mol. The second-order valence-electron chi connectivity index (χ2n) is 4.56. The molecule has 0 aromatic carbocycles. The molecule has 2 rings (SSSR count). The van der Waals surface area contributed by atoms with Crippen molar-refractivity contribution in [3.63, 3.8) is 0 Å². The molecule has 2 heterocycles. The normalized spacial score (nSPS) is 26.4. The fourth-order valence-electron chi connectivity index (χ4n) is 1.87. The van der Waals surface area contributed by atoms with E-state index in [2.05, 4.69) is 49.3 Å². The first-order valence-electron chi connectivity index (χ1n) is 4.98. The Bertz CT molecular complexity index is 317. The molecule has 1 N–H and O–H groups in total. The number of aryl methyl sites for hydroxylation is 1. The quantitative estimate of drug-likeness (QED) is 0.790. The molecule has 14 heavy (non-hydrogen) atoms. The van der Waals surface area contributed by atoms with Gasteiger partial charge in [0.25, 0.3) is 0 Å². The number of nitrogens with one attached hydrogen (secondary N) is 1. The maximum absolute atomic E-state index is 3.73. The minimum Gasteiger partial charge on any atom is -0.303 e. The molecule has 1 aliphatic heterocycles. The van der Waals surface area contributed by atoms with E-state index in [9.17, 15) is 0 Å². The van der Waals surface area contributed by atoms with E-state index in [0.717, 1.165) is 0 Å². The summed E-state index contributed by atoms with van der Waals surface area (Å²) in [5, 5.41) is 5.92. The van der Waals surface area contributed by atoms with Gasteiger partial charge in [-0.15, -0.1) is 11.3 Å². The van der Waals surface area contributed by atoms with Crippen LogP contribution < -0.4 is 5.32 Å². The van der Waals surface area contributed by atoms with Gasteiger partial charge in [-0.05, 0) is 37.8 Å². The van der Waals surface area contributed by atoms with E-state index in [1.54, 1.807) is 0 Å². The summed E-state index contributed by atoms with van der Waals surface area (Å²) in [6.07, 6.45) is 0. The molecule has 3 heteroatoms. The van der Waals surface area contributed by atoms with Gasteiger partial charge in [0, 0.05) is 21.9 Å². The molecule has 0 bridgehead atoms. The van der Waals surface area contributed by atoms with Crippen LogP contribution in [0.1, 0.15) is 30.3 Å². The lowest BCUT2D eigenvalue weighted by atomic mass is 10.1. The third kappa shape index (κ3) is 2.15. The Kier molecular flexibility index (Phi) is 2.91. The van der Waals surface area contributed by atoms with Gasteiger partial charge in [0.1, 0.15) is 0 Å². The highest BCUT2D eigenvalue weighted by Gasteiger charge is 2.29. The van der Waals surface area contributed by atoms with Crippen molar-refractivity contribution in [3.05, 3.63) is 21.9 Å². The van der Waals surface area contributed by atoms with Crippen LogP contribution in [0.15, 0.2) is 11.4 Å². The molecule has 0 spiro atoms. The highest BCUT2D eigenvalue weighted by Crippen LogP contribution is 2.33. The third-order valence-electron chi connectivity index (χ3n) is 2.53. The van der Waals surface area contributed by atoms with E-state index in [0.29, 0.717) is 6.04 Å². The number of hydrogen-bond donors (Lipinski definition) is 1. The molecule has 1 fully saturated rings. The summed E-state index contributed by atoms with van der Waals surface area (Å²) < 4.78 is 0. The second-order valence-corrected chi connectivity index (χ2v) is 6.54. The van der Waals surface area contributed by atoms with Gasteiger partial charge in [-0.25, -0.2) is 0 Å². The van der Waals surface area contributed by atoms with Crippen LogP contribution in [0, 0.1) is 6.92 Å². The first-order valence-corrected chi connectivity index (χ1v) is 7.01. The zero-order valence-electron chi connectivity index (χ0n) is 8.96. The number of rotatable bonds is 1. The SMILES string of the molecule is Cc1ccsc1C1CSCC(C)(C)N1. The number of thioether (sulfide) groups is 1. The van der Waals surface area contributed by atoms with Crippen LogP contribution in [-0.2, 0) is 0 Å². The molecule has 1 nitrogen and oxygen atoms in total. The molecule has 1 aliphatic rings. The van der Waals surface area contributed by atoms with Crippen LogP contribution in [0.4, 0.5) is 0 Å². The van der Waals surface area contributed by atoms with Gasteiger partial charge in [-0.1, -0.05) is 0 Å². The minimum atomic E-state index is 0.282. The Hall–Kier alpha value is 0.01000. The Morgan fingerprint density at radius 1 is 1.50 bits per heavy atom. The molecule has 78 valence electrons. The second kappa shape index (κ2) is 3.87. The van der Waals surface area contributed by atoms with Crippen molar-refractivity contribution in [1.29, 1.82) is 0 Å². The first-order chi connectivity index (χ1) is 6.58. The number of hydrogen-bond acceptors (Lipinski definition) is 3. The average molecular weight is 227 g/mol. The topological polar surface area (TPSA) is 12.0 Å². The highest BCUT2D eigenvalue weighted by molar-refractivity contribution is 7.99. The highest BCUT2D eigenvalue weighted by atomic mass is 32.2. The van der Waals surface area contributed by atoms with Crippen molar-refractivity contribution in [2.24, 2.45) is 0 Å². The van der Waals surface area contributed by atoms with Gasteiger partial charge in [0.2, 0.25) is 0 Å². The van der Waals surface area contributed by atoms with E-state index in [1.807, 2.05) is 11.3 Å². The molecule has 0 radical (unpaired) electrons. The van der Waals surface area contributed by atoms with Gasteiger partial charge in [0.15, 0.2) is 0 Å². The van der Waals surface area contributed by atoms with Gasteiger partial charge < -0.3 is 5.32 Å². The molecule has 0 aliphatic carbocycles. The summed E-state index contributed by atoms with van der Waals surface area (Å²) >= 11 is 3.94. The first kappa shape index (κ1) is 10.5. The van der Waals surface area contributed by atoms with Crippen molar-refractivity contribution in [3.8, 4) is 0 Å². The average Bonchev–Trinajstić information content (AvgIpc) is 2.49. The summed E-state index contributed by atoms with van der Waals surface area (Å²) in [4.78, 5) is 1.52. The maximum Gasteiger partial charge on any atom is 0.0513 e. The molecule has 1 aromatic heterocycles. The fourth-order valence-corrected chi connectivity index (χ4v) is 4.15. The van der Waals surface area contributed by atoms with Crippen LogP contribution in [0.2, 0.25) is 0 Å². The van der Waals surface area contributed by atoms with Crippen molar-refractivity contribution in [2.75, 3.05) is 11.5 Å². The smallest absolute Gasteiger partial charge is 0.0513 e. The van der Waals surface area contributed by atoms with Crippen LogP contribution in [0.5, 0.6) is 0 Å². The van der Waals surface area contributed by atoms with Crippen LogP contribution in [-0.4, -0.2) is 17.0 Å². The summed E-state index contributed by atoms with van der Waals surface area (Å²) in [7, 11) is 0. The molecule has 0 amide bonds. The van der Waals surface area contributed by atoms with Crippen LogP contribution >= 0.6 is 23.1 Å². The molecule has 0 saturated carbocycles. The predicted octanol–water partition coefficient (Wildman–Crippen LogP) is 3.21. The zero-order chi connectivity index (χ0) is 10.2. The number of thiophene rings is 1. The minimum absolute atomic E-state index is 0.282. The largest absolute Gasteiger partial charge is 0.303 e. The molecule has 1 aromatic rings. The fraction of sp³-hybridized carbons (Fsp3) is 0.636. The Morgan fingerprint density at radius 2 is 2.29 bits per heavy atom. The van der Waals surface area contributed by atoms with Crippen molar-refractivity contribution in [1.82, 2.24) is 5.32 Å². The third-order valence-corrected chi connectivity index (χ3v) is 5.16. The van der Waals surface area contributed by atoms with Crippen molar-refractivity contribution < 1.29 is 0 Å². The van der Waals surface area contributed by atoms with E-state index >= 15 is 0 Å². The standard InChI is InChI=1S/C11H17NS2/c1-8-4-5-14-10(8)9-6-13-7-11(2,3)12-9/h4-5,9,12H,6-7H2,1-3H3. The van der Waals surface area contributed by atoms with Crippen LogP contribution in [0.25, 0.3) is 0 Å². The summed E-state index contributed by atoms with van der Waals surface area (Å²) in [6.45, 7) is 6.78. The Labute approximate surface area is 94.3 Å². The Morgan fingerprint density at radius 3 is 2.86 bits per heavy atom. The molecule has 1 unspecified atom stereocenters. The molecule has 1 saturated heterocycles. The summed E-state index contributed by atoms with van der Waals surface area (Å²) in [6, 6.07) is 2.78. The maximum atomic E-state index is 3.73. The van der Waals surface area contributed by atoms with E-state index in [-0.39, 0.29) is 5.54 Å². The van der Waals surface area contributed by atoms with E-state index in [1.165, 1.54) is 21.9 Å². The summed E-state index contributed by atoms with van der Waals surface area (Å²) in [5.74, 6) is 2.43. The summed E-state index contributed by atoms with van der Waals surface area (Å²) in [5.41, 5.74) is 1.72.